The predicted octanol–water partition coefficient (Wildman–Crippen LogP) is 1.41. The van der Waals surface area contributed by atoms with Gasteiger partial charge in [0.15, 0.2) is 5.82 Å². The minimum Gasteiger partial charge on any atom is -0.342 e. The SMILES string of the molecule is Fc1cnc(-c2ncon2)c(F)c1. The molecule has 2 heterocycles. The Kier molecular flexibility index (Phi) is 1.73. The zero-order valence-electron chi connectivity index (χ0n) is 6.24. The average molecular weight is 183 g/mol. The van der Waals surface area contributed by atoms with Crippen molar-refractivity contribution < 1.29 is 13.3 Å². The summed E-state index contributed by atoms with van der Waals surface area (Å²) in [6.07, 6.45) is 1.93. The third-order valence-electron chi connectivity index (χ3n) is 1.38. The second kappa shape index (κ2) is 2.89. The normalized spacial score (nSPS) is 10.3. The van der Waals surface area contributed by atoms with Crippen LogP contribution in [0.2, 0.25) is 0 Å². The number of nitrogens with zero attached hydrogens (tertiary/aromatic N) is 3. The van der Waals surface area contributed by atoms with Gasteiger partial charge in [-0.15, -0.1) is 0 Å². The molecule has 0 atom stereocenters. The van der Waals surface area contributed by atoms with Crippen molar-refractivity contribution in [2.24, 2.45) is 0 Å². The lowest BCUT2D eigenvalue weighted by molar-refractivity contribution is 0.418. The van der Waals surface area contributed by atoms with E-state index in [1.54, 1.807) is 0 Å². The number of hydrogen-bond donors (Lipinski definition) is 0. The maximum absolute atomic E-state index is 13.0. The smallest absolute Gasteiger partial charge is 0.223 e. The van der Waals surface area contributed by atoms with E-state index in [1.165, 1.54) is 0 Å². The van der Waals surface area contributed by atoms with Crippen LogP contribution >= 0.6 is 0 Å². The summed E-state index contributed by atoms with van der Waals surface area (Å²) in [4.78, 5) is 7.06. The summed E-state index contributed by atoms with van der Waals surface area (Å²) in [5, 5.41) is 3.37. The molecule has 0 radical (unpaired) electrons. The van der Waals surface area contributed by atoms with E-state index < -0.39 is 11.6 Å². The Balaban J connectivity index is 2.53. The van der Waals surface area contributed by atoms with Crippen molar-refractivity contribution in [3.05, 3.63) is 30.3 Å². The summed E-state index contributed by atoms with van der Waals surface area (Å²) < 4.78 is 29.8. The Morgan fingerprint density at radius 2 is 2.08 bits per heavy atom. The van der Waals surface area contributed by atoms with Crippen molar-refractivity contribution in [3.8, 4) is 11.5 Å². The van der Waals surface area contributed by atoms with E-state index in [0.717, 1.165) is 12.6 Å². The fourth-order valence-corrected chi connectivity index (χ4v) is 0.854. The van der Waals surface area contributed by atoms with Gasteiger partial charge in [0, 0.05) is 6.07 Å². The molecule has 13 heavy (non-hydrogen) atoms. The molecular weight excluding hydrogens is 180 g/mol. The first-order valence-electron chi connectivity index (χ1n) is 3.35. The van der Waals surface area contributed by atoms with E-state index in [2.05, 4.69) is 19.6 Å². The highest BCUT2D eigenvalue weighted by atomic mass is 19.1. The van der Waals surface area contributed by atoms with Crippen molar-refractivity contribution in [1.82, 2.24) is 15.1 Å². The standard InChI is InChI=1S/C7H3F2N3O/c8-4-1-5(9)6(10-2-4)7-11-3-13-12-7/h1-3H. The van der Waals surface area contributed by atoms with Crippen LogP contribution in [0.15, 0.2) is 23.2 Å². The highest BCUT2D eigenvalue weighted by Gasteiger charge is 2.11. The van der Waals surface area contributed by atoms with Crippen molar-refractivity contribution >= 4 is 0 Å². The first kappa shape index (κ1) is 7.78. The highest BCUT2D eigenvalue weighted by Crippen LogP contribution is 2.15. The molecule has 4 nitrogen and oxygen atoms in total. The van der Waals surface area contributed by atoms with Gasteiger partial charge >= 0.3 is 0 Å². The van der Waals surface area contributed by atoms with E-state index in [-0.39, 0.29) is 11.5 Å². The lowest BCUT2D eigenvalue weighted by Gasteiger charge is -1.94. The Morgan fingerprint density at radius 1 is 1.23 bits per heavy atom. The van der Waals surface area contributed by atoms with Gasteiger partial charge in [0.2, 0.25) is 12.2 Å². The van der Waals surface area contributed by atoms with Crippen LogP contribution in [-0.4, -0.2) is 15.1 Å². The van der Waals surface area contributed by atoms with Crippen molar-refractivity contribution in [3.63, 3.8) is 0 Å². The zero-order chi connectivity index (χ0) is 9.26. The minimum absolute atomic E-state index is 0.00231. The first-order valence-corrected chi connectivity index (χ1v) is 3.35. The van der Waals surface area contributed by atoms with Crippen LogP contribution in [0, 0.1) is 11.6 Å². The summed E-state index contributed by atoms with van der Waals surface area (Å²) >= 11 is 0. The molecule has 0 aliphatic carbocycles. The van der Waals surface area contributed by atoms with Gasteiger partial charge in [-0.3, -0.25) is 0 Å². The van der Waals surface area contributed by atoms with Crippen LogP contribution in [0.25, 0.3) is 11.5 Å². The topological polar surface area (TPSA) is 51.8 Å². The summed E-state index contributed by atoms with van der Waals surface area (Å²) in [7, 11) is 0. The van der Waals surface area contributed by atoms with Crippen molar-refractivity contribution in [2.45, 2.75) is 0 Å². The van der Waals surface area contributed by atoms with Crippen LogP contribution in [0.3, 0.4) is 0 Å². The van der Waals surface area contributed by atoms with Crippen molar-refractivity contribution in [1.29, 1.82) is 0 Å². The van der Waals surface area contributed by atoms with Crippen LogP contribution in [0.5, 0.6) is 0 Å². The van der Waals surface area contributed by atoms with Gasteiger partial charge in [-0.2, -0.15) is 4.98 Å². The Bertz CT molecular complexity index is 416. The number of pyridine rings is 1. The third kappa shape index (κ3) is 1.37. The lowest BCUT2D eigenvalue weighted by Crippen LogP contribution is -1.92. The molecule has 0 saturated carbocycles. The summed E-state index contributed by atoms with van der Waals surface area (Å²) in [6, 6.07) is 0.707. The molecule has 2 rings (SSSR count). The molecule has 0 fully saturated rings. The highest BCUT2D eigenvalue weighted by molar-refractivity contribution is 5.48. The van der Waals surface area contributed by atoms with Gasteiger partial charge in [-0.05, 0) is 0 Å². The Morgan fingerprint density at radius 3 is 2.69 bits per heavy atom. The molecule has 0 spiro atoms. The van der Waals surface area contributed by atoms with Gasteiger partial charge in [-0.1, -0.05) is 5.16 Å². The molecule has 0 aromatic carbocycles. The van der Waals surface area contributed by atoms with Gasteiger partial charge in [0.05, 0.1) is 6.20 Å². The average Bonchev–Trinajstić information content (AvgIpc) is 2.56. The van der Waals surface area contributed by atoms with Crippen molar-refractivity contribution in [2.75, 3.05) is 0 Å². The van der Waals surface area contributed by atoms with Crippen LogP contribution < -0.4 is 0 Å². The summed E-state index contributed by atoms with van der Waals surface area (Å²) in [5.74, 6) is -1.57. The third-order valence-corrected chi connectivity index (χ3v) is 1.38. The first-order chi connectivity index (χ1) is 6.27. The van der Waals surface area contributed by atoms with Gasteiger partial charge in [0.25, 0.3) is 0 Å². The maximum Gasteiger partial charge on any atom is 0.223 e. The number of aromatic nitrogens is 3. The molecule has 0 unspecified atom stereocenters. The molecule has 2 aromatic heterocycles. The summed E-state index contributed by atoms with van der Waals surface area (Å²) in [5.41, 5.74) is -0.129. The van der Waals surface area contributed by atoms with E-state index in [4.69, 9.17) is 0 Å². The number of hydrogen-bond acceptors (Lipinski definition) is 4. The molecule has 0 aliphatic rings. The molecular formula is C7H3F2N3O. The van der Waals surface area contributed by atoms with E-state index in [1.807, 2.05) is 0 Å². The minimum atomic E-state index is -0.818. The molecule has 0 aliphatic heterocycles. The van der Waals surface area contributed by atoms with E-state index in [0.29, 0.717) is 6.07 Å². The molecule has 6 heteroatoms. The molecule has 0 N–H and O–H groups in total. The van der Waals surface area contributed by atoms with Crippen LogP contribution in [-0.2, 0) is 0 Å². The van der Waals surface area contributed by atoms with Gasteiger partial charge in [-0.25, -0.2) is 13.8 Å². The second-order valence-corrected chi connectivity index (χ2v) is 2.24. The molecule has 0 amide bonds. The number of rotatable bonds is 1. The van der Waals surface area contributed by atoms with Gasteiger partial charge < -0.3 is 4.52 Å². The fraction of sp³-hybridized carbons (Fsp3) is 0. The number of halogens is 2. The quantitative estimate of drug-likeness (QED) is 0.670. The lowest BCUT2D eigenvalue weighted by atomic mass is 10.3. The zero-order valence-corrected chi connectivity index (χ0v) is 6.24. The molecule has 2 aromatic rings. The largest absolute Gasteiger partial charge is 0.342 e. The van der Waals surface area contributed by atoms with Crippen LogP contribution in [0.4, 0.5) is 8.78 Å². The summed E-state index contributed by atoms with van der Waals surface area (Å²) in [6.45, 7) is 0. The monoisotopic (exact) mass is 183 g/mol. The molecule has 0 bridgehead atoms. The van der Waals surface area contributed by atoms with E-state index in [9.17, 15) is 8.78 Å². The Hall–Kier alpha value is -1.85. The maximum atomic E-state index is 13.0. The molecule has 0 saturated heterocycles. The fourth-order valence-electron chi connectivity index (χ4n) is 0.854. The molecule has 66 valence electrons. The second-order valence-electron chi connectivity index (χ2n) is 2.24. The van der Waals surface area contributed by atoms with E-state index >= 15 is 0 Å². The van der Waals surface area contributed by atoms with Gasteiger partial charge in [0.1, 0.15) is 11.5 Å². The van der Waals surface area contributed by atoms with Crippen LogP contribution in [0.1, 0.15) is 0 Å². The Labute approximate surface area is 71.2 Å². The predicted molar refractivity (Wildman–Crippen MR) is 37.4 cm³/mol.